The quantitative estimate of drug-likeness (QED) is 0.595. The van der Waals surface area contributed by atoms with Gasteiger partial charge in [-0.05, 0) is 36.1 Å². The lowest BCUT2D eigenvalue weighted by molar-refractivity contribution is -0.128. The van der Waals surface area contributed by atoms with Crippen molar-refractivity contribution < 1.29 is 9.59 Å². The number of rotatable bonds is 8. The van der Waals surface area contributed by atoms with Crippen molar-refractivity contribution in [1.82, 2.24) is 10.2 Å². The summed E-state index contributed by atoms with van der Waals surface area (Å²) in [6.45, 7) is 1.32. The van der Waals surface area contributed by atoms with Gasteiger partial charge in [-0.2, -0.15) is 11.8 Å². The Labute approximate surface area is 187 Å². The molecule has 4 nitrogen and oxygen atoms in total. The monoisotopic (exact) mass is 440 g/mol. The van der Waals surface area contributed by atoms with E-state index >= 15 is 0 Å². The number of nitrogens with one attached hydrogen (secondary N) is 1. The molecule has 4 rings (SSSR count). The van der Waals surface area contributed by atoms with Gasteiger partial charge in [0, 0.05) is 29.7 Å². The third-order valence-corrected chi connectivity index (χ3v) is 8.30. The molecular weight excluding hydrogens is 412 g/mol. The first kappa shape index (κ1) is 21.3. The first-order valence-corrected chi connectivity index (χ1v) is 12.8. The minimum Gasteiger partial charge on any atom is -0.351 e. The van der Waals surface area contributed by atoms with Crippen LogP contribution in [0.15, 0.2) is 54.6 Å². The summed E-state index contributed by atoms with van der Waals surface area (Å²) in [5.41, 5.74) is 2.87. The summed E-state index contributed by atoms with van der Waals surface area (Å²) in [6, 6.07) is 17.8. The molecule has 2 fully saturated rings. The maximum Gasteiger partial charge on any atom is 0.251 e. The van der Waals surface area contributed by atoms with Gasteiger partial charge in [0.05, 0.1) is 5.75 Å². The van der Waals surface area contributed by atoms with Crippen LogP contribution in [-0.2, 0) is 11.3 Å². The van der Waals surface area contributed by atoms with Gasteiger partial charge in [-0.25, -0.2) is 0 Å². The normalized spacial score (nSPS) is 19.4. The van der Waals surface area contributed by atoms with Crippen molar-refractivity contribution in [3.8, 4) is 0 Å². The fraction of sp³-hybridized carbons (Fsp3) is 0.417. The SMILES string of the molecule is O=C(NCCSC1CCCC1)c1ccc([C@@H]2SCC(=O)N2Cc2ccccc2)cc1. The topological polar surface area (TPSA) is 49.4 Å². The van der Waals surface area contributed by atoms with E-state index in [2.05, 4.69) is 5.32 Å². The molecular formula is C24H28N2O2S2. The zero-order valence-electron chi connectivity index (χ0n) is 17.1. The van der Waals surface area contributed by atoms with Crippen molar-refractivity contribution in [2.75, 3.05) is 18.1 Å². The van der Waals surface area contributed by atoms with Gasteiger partial charge in [-0.3, -0.25) is 9.59 Å². The zero-order chi connectivity index (χ0) is 20.8. The Morgan fingerprint density at radius 3 is 2.53 bits per heavy atom. The summed E-state index contributed by atoms with van der Waals surface area (Å²) < 4.78 is 0. The summed E-state index contributed by atoms with van der Waals surface area (Å²) in [4.78, 5) is 26.8. The summed E-state index contributed by atoms with van der Waals surface area (Å²) in [5.74, 6) is 1.61. The van der Waals surface area contributed by atoms with E-state index in [-0.39, 0.29) is 17.2 Å². The number of benzene rings is 2. The minimum absolute atomic E-state index is 0.00220. The van der Waals surface area contributed by atoms with E-state index in [1.807, 2.05) is 71.3 Å². The van der Waals surface area contributed by atoms with Crippen LogP contribution in [0.25, 0.3) is 0 Å². The molecule has 2 aromatic rings. The second-order valence-electron chi connectivity index (χ2n) is 7.83. The van der Waals surface area contributed by atoms with Crippen molar-refractivity contribution in [2.45, 2.75) is 42.9 Å². The number of thioether (sulfide) groups is 2. The van der Waals surface area contributed by atoms with E-state index in [9.17, 15) is 9.59 Å². The molecule has 1 N–H and O–H groups in total. The molecule has 1 heterocycles. The Bertz CT molecular complexity index is 851. The largest absolute Gasteiger partial charge is 0.351 e. The summed E-state index contributed by atoms with van der Waals surface area (Å²) in [6.07, 6.45) is 5.35. The predicted molar refractivity (Wildman–Crippen MR) is 126 cm³/mol. The Morgan fingerprint density at radius 2 is 1.80 bits per heavy atom. The lowest BCUT2D eigenvalue weighted by Crippen LogP contribution is -2.28. The number of carbonyl (C=O) groups is 2. The van der Waals surface area contributed by atoms with Crippen molar-refractivity contribution in [3.63, 3.8) is 0 Å². The van der Waals surface area contributed by atoms with E-state index < -0.39 is 0 Å². The molecule has 0 bridgehead atoms. The minimum atomic E-state index is -0.0233. The van der Waals surface area contributed by atoms with E-state index in [4.69, 9.17) is 0 Å². The average Bonchev–Trinajstić information content (AvgIpc) is 3.42. The fourth-order valence-electron chi connectivity index (χ4n) is 4.03. The molecule has 0 aromatic heterocycles. The lowest BCUT2D eigenvalue weighted by Gasteiger charge is -2.24. The van der Waals surface area contributed by atoms with Crippen LogP contribution in [0, 0.1) is 0 Å². The summed E-state index contributed by atoms with van der Waals surface area (Å²) in [5, 5.41) is 3.81. The fourth-order valence-corrected chi connectivity index (χ4v) is 6.44. The summed E-state index contributed by atoms with van der Waals surface area (Å²) >= 11 is 3.63. The van der Waals surface area contributed by atoms with E-state index in [0.717, 1.165) is 22.1 Å². The van der Waals surface area contributed by atoms with Gasteiger partial charge in [-0.15, -0.1) is 11.8 Å². The average molecular weight is 441 g/mol. The van der Waals surface area contributed by atoms with Crippen LogP contribution in [0.2, 0.25) is 0 Å². The molecule has 6 heteroatoms. The second-order valence-corrected chi connectivity index (χ2v) is 10.3. The molecule has 1 aliphatic carbocycles. The van der Waals surface area contributed by atoms with Crippen LogP contribution in [0.4, 0.5) is 0 Å². The highest BCUT2D eigenvalue weighted by Gasteiger charge is 2.32. The molecule has 2 amide bonds. The molecule has 1 saturated carbocycles. The summed E-state index contributed by atoms with van der Waals surface area (Å²) in [7, 11) is 0. The van der Waals surface area contributed by atoms with Crippen molar-refractivity contribution >= 4 is 35.3 Å². The van der Waals surface area contributed by atoms with Gasteiger partial charge in [0.2, 0.25) is 5.91 Å². The van der Waals surface area contributed by atoms with Crippen molar-refractivity contribution in [1.29, 1.82) is 0 Å². The number of nitrogens with zero attached hydrogens (tertiary/aromatic N) is 1. The molecule has 1 saturated heterocycles. The van der Waals surface area contributed by atoms with E-state index in [0.29, 0.717) is 24.4 Å². The molecule has 158 valence electrons. The number of amides is 2. The van der Waals surface area contributed by atoms with Gasteiger partial charge >= 0.3 is 0 Å². The van der Waals surface area contributed by atoms with Crippen LogP contribution in [0.5, 0.6) is 0 Å². The zero-order valence-corrected chi connectivity index (χ0v) is 18.7. The smallest absolute Gasteiger partial charge is 0.251 e. The number of hydrogen-bond acceptors (Lipinski definition) is 4. The Kier molecular flexibility index (Phi) is 7.39. The molecule has 0 spiro atoms. The predicted octanol–water partition coefficient (Wildman–Crippen LogP) is 4.87. The maximum absolute atomic E-state index is 12.4. The Morgan fingerprint density at radius 1 is 1.07 bits per heavy atom. The highest BCUT2D eigenvalue weighted by Crippen LogP contribution is 2.39. The number of hydrogen-bond donors (Lipinski definition) is 1. The maximum atomic E-state index is 12.4. The molecule has 1 aliphatic heterocycles. The Balaban J connectivity index is 1.31. The van der Waals surface area contributed by atoms with Crippen LogP contribution in [0.3, 0.4) is 0 Å². The van der Waals surface area contributed by atoms with Crippen molar-refractivity contribution in [3.05, 3.63) is 71.3 Å². The van der Waals surface area contributed by atoms with E-state index in [1.54, 1.807) is 11.8 Å². The molecule has 2 aromatic carbocycles. The first-order chi connectivity index (χ1) is 14.7. The molecule has 0 radical (unpaired) electrons. The molecule has 30 heavy (non-hydrogen) atoms. The number of carbonyl (C=O) groups excluding carboxylic acids is 2. The standard InChI is InChI=1S/C24H28N2O2S2/c27-22-17-30-24(26(22)16-18-6-2-1-3-7-18)20-12-10-19(11-13-20)23(28)25-14-15-29-21-8-4-5-9-21/h1-3,6-7,10-13,21,24H,4-5,8-9,14-17H2,(H,25,28)/t24-/m0/s1. The Hall–Kier alpha value is -1.92. The van der Waals surface area contributed by atoms with Gasteiger partial charge in [-0.1, -0.05) is 55.3 Å². The molecule has 2 aliphatic rings. The van der Waals surface area contributed by atoms with Gasteiger partial charge in [0.25, 0.3) is 5.91 Å². The van der Waals surface area contributed by atoms with Gasteiger partial charge in [0.15, 0.2) is 0 Å². The van der Waals surface area contributed by atoms with Gasteiger partial charge < -0.3 is 10.2 Å². The third-order valence-electron chi connectivity index (χ3n) is 5.67. The van der Waals surface area contributed by atoms with Crippen LogP contribution >= 0.6 is 23.5 Å². The van der Waals surface area contributed by atoms with Crippen LogP contribution < -0.4 is 5.32 Å². The molecule has 1 atom stereocenters. The van der Waals surface area contributed by atoms with Gasteiger partial charge in [0.1, 0.15) is 5.37 Å². The third kappa shape index (κ3) is 5.41. The second kappa shape index (κ2) is 10.4. The van der Waals surface area contributed by atoms with Crippen molar-refractivity contribution in [2.24, 2.45) is 0 Å². The molecule has 0 unspecified atom stereocenters. The lowest BCUT2D eigenvalue weighted by atomic mass is 10.1. The first-order valence-electron chi connectivity index (χ1n) is 10.7. The van der Waals surface area contributed by atoms with Crippen LogP contribution in [0.1, 0.15) is 52.5 Å². The highest BCUT2D eigenvalue weighted by molar-refractivity contribution is 8.00. The van der Waals surface area contributed by atoms with E-state index in [1.165, 1.54) is 25.7 Å². The van der Waals surface area contributed by atoms with Crippen LogP contribution in [-0.4, -0.2) is 40.0 Å². The highest BCUT2D eigenvalue weighted by atomic mass is 32.2.